The lowest BCUT2D eigenvalue weighted by atomic mass is 10.1. The summed E-state index contributed by atoms with van der Waals surface area (Å²) in [6, 6.07) is 7.95. The first-order chi connectivity index (χ1) is 9.27. The van der Waals surface area contributed by atoms with Crippen LogP contribution < -0.4 is 10.6 Å². The second-order valence-electron chi connectivity index (χ2n) is 4.53. The smallest absolute Gasteiger partial charge is 0.271 e. The summed E-state index contributed by atoms with van der Waals surface area (Å²) in [5.74, 6) is 1.10. The number of hydrogen-bond acceptors (Lipinski definition) is 4. The van der Waals surface area contributed by atoms with Gasteiger partial charge in [0.25, 0.3) is 5.91 Å². The van der Waals surface area contributed by atoms with Gasteiger partial charge >= 0.3 is 0 Å². The summed E-state index contributed by atoms with van der Waals surface area (Å²) < 4.78 is 1.90. The van der Waals surface area contributed by atoms with Gasteiger partial charge in [0.05, 0.1) is 12.2 Å². The molecule has 6 nitrogen and oxygen atoms in total. The highest BCUT2D eigenvalue weighted by molar-refractivity contribution is 6.16. The number of imidazole rings is 1. The number of nitrogens with zero attached hydrogens (tertiary/aromatic N) is 4. The van der Waals surface area contributed by atoms with Crippen molar-refractivity contribution < 1.29 is 4.79 Å². The second kappa shape index (κ2) is 3.44. The van der Waals surface area contributed by atoms with Crippen LogP contribution in [0.5, 0.6) is 0 Å². The topological polar surface area (TPSA) is 76.5 Å². The Morgan fingerprint density at radius 3 is 3.00 bits per heavy atom. The fourth-order valence-corrected chi connectivity index (χ4v) is 2.71. The Morgan fingerprint density at radius 2 is 2.16 bits per heavy atom. The molecule has 0 fully saturated rings. The fraction of sp³-hybridized carbons (Fsp3) is 0.154. The first-order valence-electron chi connectivity index (χ1n) is 6.06. The zero-order valence-electron chi connectivity index (χ0n) is 10.1. The number of fused-ring (bicyclic) bond motifs is 6. The number of aromatic nitrogens is 2. The van der Waals surface area contributed by atoms with E-state index in [1.807, 2.05) is 33.7 Å². The summed E-state index contributed by atoms with van der Waals surface area (Å²) in [5, 5.41) is 0. The summed E-state index contributed by atoms with van der Waals surface area (Å²) in [7, 11) is 0. The molecule has 2 aromatic rings. The third kappa shape index (κ3) is 1.22. The van der Waals surface area contributed by atoms with E-state index in [9.17, 15) is 4.79 Å². The lowest BCUT2D eigenvalue weighted by molar-refractivity contribution is 0.0996. The van der Waals surface area contributed by atoms with Gasteiger partial charge in [0, 0.05) is 12.1 Å². The maximum absolute atomic E-state index is 11.5. The molecule has 0 spiro atoms. The van der Waals surface area contributed by atoms with Gasteiger partial charge in [0.15, 0.2) is 11.5 Å². The molecular formula is C13H11N5O. The number of carbonyl (C=O) groups excluding carboxylic acids is 1. The molecule has 4 rings (SSSR count). The molecule has 0 bridgehead atoms. The molecule has 0 radical (unpaired) electrons. The molecular weight excluding hydrogens is 242 g/mol. The lowest BCUT2D eigenvalue weighted by Gasteiger charge is -2.29. The van der Waals surface area contributed by atoms with Gasteiger partial charge in [-0.15, -0.1) is 0 Å². The average molecular weight is 253 g/mol. The van der Waals surface area contributed by atoms with Crippen LogP contribution in [-0.2, 0) is 0 Å². The van der Waals surface area contributed by atoms with Crippen molar-refractivity contribution in [3.05, 3.63) is 41.9 Å². The minimum absolute atomic E-state index is 0.295. The van der Waals surface area contributed by atoms with E-state index in [1.54, 1.807) is 6.33 Å². The lowest BCUT2D eigenvalue weighted by Crippen LogP contribution is -2.36. The summed E-state index contributed by atoms with van der Waals surface area (Å²) in [5.41, 5.74) is 7.74. The minimum atomic E-state index is -0.514. The van der Waals surface area contributed by atoms with Crippen LogP contribution in [0, 0.1) is 0 Å². The van der Waals surface area contributed by atoms with Gasteiger partial charge in [-0.2, -0.15) is 0 Å². The van der Waals surface area contributed by atoms with Crippen molar-refractivity contribution >= 4 is 17.6 Å². The number of amidine groups is 1. The zero-order chi connectivity index (χ0) is 13.0. The number of hydrogen-bond donors (Lipinski definition) is 1. The highest BCUT2D eigenvalue weighted by Crippen LogP contribution is 2.34. The number of rotatable bonds is 1. The summed E-state index contributed by atoms with van der Waals surface area (Å²) in [4.78, 5) is 22.2. The largest absolute Gasteiger partial charge is 0.364 e. The number of nitrogens with two attached hydrogens (primary N) is 1. The van der Waals surface area contributed by atoms with Crippen LogP contribution in [0.2, 0.25) is 0 Å². The Labute approximate surface area is 109 Å². The molecule has 0 unspecified atom stereocenters. The molecule has 3 heterocycles. The zero-order valence-corrected chi connectivity index (χ0v) is 10.1. The van der Waals surface area contributed by atoms with Gasteiger partial charge in [-0.25, -0.2) is 4.98 Å². The van der Waals surface area contributed by atoms with Gasteiger partial charge in [-0.1, -0.05) is 12.1 Å². The van der Waals surface area contributed by atoms with Gasteiger partial charge in [-0.3, -0.25) is 14.4 Å². The van der Waals surface area contributed by atoms with E-state index in [2.05, 4.69) is 9.98 Å². The Kier molecular flexibility index (Phi) is 1.87. The molecule has 0 saturated heterocycles. The van der Waals surface area contributed by atoms with E-state index in [0.29, 0.717) is 12.2 Å². The number of anilines is 1. The van der Waals surface area contributed by atoms with Gasteiger partial charge in [0.1, 0.15) is 12.2 Å². The highest BCUT2D eigenvalue weighted by Gasteiger charge is 2.34. The molecule has 0 saturated carbocycles. The highest BCUT2D eigenvalue weighted by atomic mass is 16.1. The van der Waals surface area contributed by atoms with Crippen LogP contribution in [0.15, 0.2) is 35.6 Å². The van der Waals surface area contributed by atoms with Crippen LogP contribution in [0.4, 0.5) is 5.82 Å². The third-order valence-corrected chi connectivity index (χ3v) is 3.48. The van der Waals surface area contributed by atoms with Gasteiger partial charge in [0.2, 0.25) is 0 Å². The predicted molar refractivity (Wildman–Crippen MR) is 70.8 cm³/mol. The fourth-order valence-electron chi connectivity index (χ4n) is 2.71. The molecule has 0 atom stereocenters. The van der Waals surface area contributed by atoms with Crippen molar-refractivity contribution in [3.8, 4) is 5.69 Å². The first kappa shape index (κ1) is 10.3. The molecule has 2 N–H and O–H groups in total. The summed E-state index contributed by atoms with van der Waals surface area (Å²) in [6.45, 7) is 1.46. The summed E-state index contributed by atoms with van der Waals surface area (Å²) in [6.07, 6.45) is 1.64. The molecule has 1 amide bonds. The van der Waals surface area contributed by atoms with E-state index >= 15 is 0 Å². The molecule has 0 aliphatic carbocycles. The van der Waals surface area contributed by atoms with Gasteiger partial charge in [-0.05, 0) is 12.1 Å². The van der Waals surface area contributed by atoms with E-state index in [0.717, 1.165) is 29.4 Å². The first-order valence-corrected chi connectivity index (χ1v) is 6.06. The van der Waals surface area contributed by atoms with Crippen molar-refractivity contribution in [1.82, 2.24) is 9.55 Å². The monoisotopic (exact) mass is 253 g/mol. The van der Waals surface area contributed by atoms with E-state index < -0.39 is 5.91 Å². The third-order valence-electron chi connectivity index (χ3n) is 3.48. The molecule has 94 valence electrons. The summed E-state index contributed by atoms with van der Waals surface area (Å²) >= 11 is 0. The number of carbonyl (C=O) groups is 1. The van der Waals surface area contributed by atoms with E-state index in [-0.39, 0.29) is 0 Å². The van der Waals surface area contributed by atoms with E-state index in [1.165, 1.54) is 0 Å². The Bertz CT molecular complexity index is 730. The Morgan fingerprint density at radius 1 is 1.32 bits per heavy atom. The van der Waals surface area contributed by atoms with Crippen molar-refractivity contribution in [3.63, 3.8) is 0 Å². The van der Waals surface area contributed by atoms with Crippen molar-refractivity contribution in [2.24, 2.45) is 10.7 Å². The van der Waals surface area contributed by atoms with Gasteiger partial charge < -0.3 is 10.6 Å². The minimum Gasteiger partial charge on any atom is -0.364 e. The normalized spacial score (nSPS) is 15.6. The number of primary amides is 1. The van der Waals surface area contributed by atoms with Crippen LogP contribution in [0.1, 0.15) is 16.1 Å². The molecule has 6 heteroatoms. The van der Waals surface area contributed by atoms with Crippen molar-refractivity contribution in [1.29, 1.82) is 0 Å². The van der Waals surface area contributed by atoms with E-state index in [4.69, 9.17) is 5.73 Å². The van der Waals surface area contributed by atoms with Crippen LogP contribution in [0.25, 0.3) is 5.69 Å². The number of amides is 1. The van der Waals surface area contributed by atoms with Crippen LogP contribution >= 0.6 is 0 Å². The maximum Gasteiger partial charge on any atom is 0.271 e. The SMILES string of the molecule is NC(=O)c1ncn2c1N1CCN=C1c1ccccc1-2. The van der Waals surface area contributed by atoms with Crippen LogP contribution in [-0.4, -0.2) is 34.4 Å². The predicted octanol–water partition coefficient (Wildman–Crippen LogP) is 0.551. The Balaban J connectivity index is 2.07. The van der Waals surface area contributed by atoms with Crippen molar-refractivity contribution in [2.45, 2.75) is 0 Å². The molecule has 1 aromatic heterocycles. The van der Waals surface area contributed by atoms with Crippen molar-refractivity contribution in [2.75, 3.05) is 18.0 Å². The number of para-hydroxylation sites is 1. The average Bonchev–Trinajstić information content (AvgIpc) is 3.05. The number of benzene rings is 1. The molecule has 1 aromatic carbocycles. The molecule has 2 aliphatic heterocycles. The van der Waals surface area contributed by atoms with Crippen LogP contribution in [0.3, 0.4) is 0 Å². The maximum atomic E-state index is 11.5. The molecule has 2 aliphatic rings. The second-order valence-corrected chi connectivity index (χ2v) is 4.53. The number of aliphatic imine (C=N–C) groups is 1. The Hall–Kier alpha value is -2.63. The molecule has 19 heavy (non-hydrogen) atoms. The standard InChI is InChI=1S/C13H11N5O/c14-11(19)10-13-17-6-5-15-12(17)8-3-1-2-4-9(8)18(13)7-16-10/h1-4,7H,5-6H2,(H2,14,19). The quantitative estimate of drug-likeness (QED) is 0.806.